The Kier molecular flexibility index (Phi) is 11.4. The Balaban J connectivity index is 1.79. The van der Waals surface area contributed by atoms with Crippen LogP contribution in [0.3, 0.4) is 0 Å². The second-order valence-corrected chi connectivity index (χ2v) is 13.9. The van der Waals surface area contributed by atoms with E-state index in [2.05, 4.69) is 21.2 Å². The first-order valence-electron chi connectivity index (χ1n) is 14.5. The van der Waals surface area contributed by atoms with Gasteiger partial charge >= 0.3 is 0 Å². The maximum absolute atomic E-state index is 14.5. The van der Waals surface area contributed by atoms with Crippen LogP contribution < -0.4 is 9.62 Å². The second-order valence-electron chi connectivity index (χ2n) is 11.2. The van der Waals surface area contributed by atoms with Gasteiger partial charge in [0.2, 0.25) is 11.8 Å². The number of aryl methyl sites for hydroxylation is 1. The number of hydrogen-bond acceptors (Lipinski definition) is 4. The van der Waals surface area contributed by atoms with Crippen LogP contribution in [0.2, 0.25) is 0 Å². The van der Waals surface area contributed by atoms with Crippen molar-refractivity contribution in [2.75, 3.05) is 17.4 Å². The standard InChI is InChI=1S/C35H38BrN3O4S/c1-26(2)23-37-35(41)33(22-28-12-6-4-7-13-28)38(24-29-14-10-11-27(3)21-29)34(40)25-39(31-19-17-30(36)18-20-31)44(42,43)32-15-8-5-9-16-32/h4-21,26,33H,22-25H2,1-3H3,(H,37,41). The van der Waals surface area contributed by atoms with Crippen LogP contribution in [0.25, 0.3) is 0 Å². The molecule has 0 saturated heterocycles. The molecule has 0 fully saturated rings. The molecule has 1 N–H and O–H groups in total. The molecule has 230 valence electrons. The van der Waals surface area contributed by atoms with Crippen molar-refractivity contribution in [1.82, 2.24) is 10.2 Å². The molecule has 0 aliphatic heterocycles. The lowest BCUT2D eigenvalue weighted by molar-refractivity contribution is -0.140. The molecule has 0 aromatic heterocycles. The molecule has 0 saturated carbocycles. The van der Waals surface area contributed by atoms with Gasteiger partial charge < -0.3 is 10.2 Å². The third-order valence-corrected chi connectivity index (χ3v) is 9.43. The van der Waals surface area contributed by atoms with Gasteiger partial charge in [0.1, 0.15) is 12.6 Å². The van der Waals surface area contributed by atoms with Gasteiger partial charge in [0.15, 0.2) is 0 Å². The van der Waals surface area contributed by atoms with E-state index in [0.29, 0.717) is 12.2 Å². The number of rotatable bonds is 13. The second kappa shape index (κ2) is 15.2. The van der Waals surface area contributed by atoms with Crippen LogP contribution in [-0.4, -0.2) is 44.3 Å². The van der Waals surface area contributed by atoms with Gasteiger partial charge in [-0.05, 0) is 60.4 Å². The molecule has 0 aliphatic carbocycles. The number of nitrogens with one attached hydrogen (secondary N) is 1. The molecule has 44 heavy (non-hydrogen) atoms. The number of hydrogen-bond donors (Lipinski definition) is 1. The van der Waals surface area contributed by atoms with E-state index < -0.39 is 28.5 Å². The number of nitrogens with zero attached hydrogens (tertiary/aromatic N) is 2. The molecule has 1 atom stereocenters. The summed E-state index contributed by atoms with van der Waals surface area (Å²) < 4.78 is 29.9. The van der Waals surface area contributed by atoms with E-state index in [-0.39, 0.29) is 29.7 Å². The van der Waals surface area contributed by atoms with E-state index in [1.807, 2.05) is 75.4 Å². The topological polar surface area (TPSA) is 86.8 Å². The van der Waals surface area contributed by atoms with E-state index in [4.69, 9.17) is 0 Å². The van der Waals surface area contributed by atoms with Crippen molar-refractivity contribution in [1.29, 1.82) is 0 Å². The zero-order valence-electron chi connectivity index (χ0n) is 25.2. The number of anilines is 1. The van der Waals surface area contributed by atoms with Gasteiger partial charge in [0, 0.05) is 24.0 Å². The number of carbonyl (C=O) groups excluding carboxylic acids is 2. The Morgan fingerprint density at radius 1 is 0.818 bits per heavy atom. The predicted molar refractivity (Wildman–Crippen MR) is 179 cm³/mol. The molecule has 0 heterocycles. The van der Waals surface area contributed by atoms with Gasteiger partial charge in [-0.1, -0.05) is 108 Å². The number of benzene rings is 4. The van der Waals surface area contributed by atoms with Crippen molar-refractivity contribution in [2.24, 2.45) is 5.92 Å². The molecular weight excluding hydrogens is 638 g/mol. The zero-order valence-corrected chi connectivity index (χ0v) is 27.6. The van der Waals surface area contributed by atoms with Gasteiger partial charge in [0.25, 0.3) is 10.0 Å². The summed E-state index contributed by atoms with van der Waals surface area (Å²) in [7, 11) is -4.13. The number of carbonyl (C=O) groups is 2. The minimum Gasteiger partial charge on any atom is -0.354 e. The lowest BCUT2D eigenvalue weighted by Crippen LogP contribution is -2.53. The van der Waals surface area contributed by atoms with E-state index >= 15 is 0 Å². The average molecular weight is 677 g/mol. The number of halogens is 1. The third-order valence-electron chi connectivity index (χ3n) is 7.12. The Hall–Kier alpha value is -3.95. The molecule has 4 aromatic rings. The van der Waals surface area contributed by atoms with Gasteiger partial charge in [-0.15, -0.1) is 0 Å². The SMILES string of the molecule is Cc1cccc(CN(C(=O)CN(c2ccc(Br)cc2)S(=O)(=O)c2ccccc2)C(Cc2ccccc2)C(=O)NCC(C)C)c1. The molecule has 9 heteroatoms. The minimum atomic E-state index is -4.13. The molecule has 4 aromatic carbocycles. The zero-order chi connectivity index (χ0) is 31.7. The highest BCUT2D eigenvalue weighted by molar-refractivity contribution is 9.10. The van der Waals surface area contributed by atoms with Crippen LogP contribution >= 0.6 is 15.9 Å². The quantitative estimate of drug-likeness (QED) is 0.179. The lowest BCUT2D eigenvalue weighted by Gasteiger charge is -2.34. The molecule has 0 radical (unpaired) electrons. The van der Waals surface area contributed by atoms with E-state index in [1.165, 1.54) is 17.0 Å². The Morgan fingerprint density at radius 3 is 2.05 bits per heavy atom. The fraction of sp³-hybridized carbons (Fsp3) is 0.257. The number of sulfonamides is 1. The largest absolute Gasteiger partial charge is 0.354 e. The molecule has 0 spiro atoms. The van der Waals surface area contributed by atoms with Gasteiger partial charge in [-0.3, -0.25) is 13.9 Å². The average Bonchev–Trinajstić information content (AvgIpc) is 3.01. The lowest BCUT2D eigenvalue weighted by atomic mass is 10.0. The summed E-state index contributed by atoms with van der Waals surface area (Å²) in [5.41, 5.74) is 3.08. The van der Waals surface area contributed by atoms with Gasteiger partial charge in [-0.25, -0.2) is 8.42 Å². The summed E-state index contributed by atoms with van der Waals surface area (Å²) in [6, 6.07) is 31.2. The van der Waals surface area contributed by atoms with Gasteiger partial charge in [0.05, 0.1) is 10.6 Å². The molecular formula is C35H38BrN3O4S. The van der Waals surface area contributed by atoms with Crippen molar-refractivity contribution in [2.45, 2.75) is 44.7 Å². The summed E-state index contributed by atoms with van der Waals surface area (Å²) in [6.45, 7) is 6.07. The minimum absolute atomic E-state index is 0.0662. The Morgan fingerprint density at radius 2 is 1.43 bits per heavy atom. The fourth-order valence-corrected chi connectivity index (χ4v) is 6.54. The summed E-state index contributed by atoms with van der Waals surface area (Å²) >= 11 is 3.41. The monoisotopic (exact) mass is 675 g/mol. The first-order valence-corrected chi connectivity index (χ1v) is 16.8. The third kappa shape index (κ3) is 8.80. The van der Waals surface area contributed by atoms with Crippen molar-refractivity contribution < 1.29 is 18.0 Å². The van der Waals surface area contributed by atoms with Crippen LogP contribution in [0.4, 0.5) is 5.69 Å². The molecule has 7 nitrogen and oxygen atoms in total. The summed E-state index contributed by atoms with van der Waals surface area (Å²) in [6.07, 6.45) is 0.270. The van der Waals surface area contributed by atoms with E-state index in [1.54, 1.807) is 42.5 Å². The van der Waals surface area contributed by atoms with Crippen molar-refractivity contribution in [3.63, 3.8) is 0 Å². The summed E-state index contributed by atoms with van der Waals surface area (Å²) in [4.78, 5) is 29.9. The molecule has 0 bridgehead atoms. The van der Waals surface area contributed by atoms with Crippen molar-refractivity contribution >= 4 is 43.5 Å². The molecule has 2 amide bonds. The van der Waals surface area contributed by atoms with Crippen LogP contribution in [0.15, 0.2) is 119 Å². The maximum Gasteiger partial charge on any atom is 0.264 e. The molecule has 1 unspecified atom stereocenters. The Bertz CT molecular complexity index is 1650. The highest BCUT2D eigenvalue weighted by Crippen LogP contribution is 2.26. The summed E-state index contributed by atoms with van der Waals surface area (Å²) in [5, 5.41) is 3.01. The van der Waals surface area contributed by atoms with E-state index in [0.717, 1.165) is 25.5 Å². The maximum atomic E-state index is 14.5. The van der Waals surface area contributed by atoms with Crippen LogP contribution in [0, 0.1) is 12.8 Å². The highest BCUT2D eigenvalue weighted by Gasteiger charge is 2.34. The first kappa shape index (κ1) is 33.0. The number of amides is 2. The van der Waals surface area contributed by atoms with Gasteiger partial charge in [-0.2, -0.15) is 0 Å². The van der Waals surface area contributed by atoms with E-state index in [9.17, 15) is 18.0 Å². The predicted octanol–water partition coefficient (Wildman–Crippen LogP) is 6.37. The Labute approximate surface area is 269 Å². The molecule has 0 aliphatic rings. The van der Waals surface area contributed by atoms with Crippen LogP contribution in [-0.2, 0) is 32.6 Å². The summed E-state index contributed by atoms with van der Waals surface area (Å²) in [5.74, 6) is -0.569. The van der Waals surface area contributed by atoms with Crippen LogP contribution in [0.1, 0.15) is 30.5 Å². The van der Waals surface area contributed by atoms with Crippen LogP contribution in [0.5, 0.6) is 0 Å². The highest BCUT2D eigenvalue weighted by atomic mass is 79.9. The van der Waals surface area contributed by atoms with Crippen molar-refractivity contribution in [3.05, 3.63) is 130 Å². The molecule has 4 rings (SSSR count). The smallest absolute Gasteiger partial charge is 0.264 e. The normalized spacial score (nSPS) is 12.0. The fourth-order valence-electron chi connectivity index (χ4n) is 4.84. The first-order chi connectivity index (χ1) is 21.0. The van der Waals surface area contributed by atoms with Crippen molar-refractivity contribution in [3.8, 4) is 0 Å².